The van der Waals surface area contributed by atoms with Gasteiger partial charge in [-0.1, -0.05) is 62.5 Å². The Hall–Kier alpha value is -2.33. The van der Waals surface area contributed by atoms with Crippen LogP contribution in [0.2, 0.25) is 25.7 Å². The number of ether oxygens (including phenoxy) is 5. The maximum Gasteiger partial charge on any atom is 0.407 e. The Bertz CT molecular complexity index is 2100. The summed E-state index contributed by atoms with van der Waals surface area (Å²) in [6.07, 6.45) is 1.25. The van der Waals surface area contributed by atoms with Gasteiger partial charge in [-0.2, -0.15) is 0 Å². The molecule has 1 unspecified atom stereocenters. The van der Waals surface area contributed by atoms with Crippen molar-refractivity contribution in [3.63, 3.8) is 0 Å². The number of carbonyl (C=O) groups is 1. The zero-order chi connectivity index (χ0) is 52.8. The zero-order valence-electron chi connectivity index (χ0n) is 46.4. The molecule has 2 aliphatic heterocycles. The van der Waals surface area contributed by atoms with Crippen molar-refractivity contribution in [3.8, 4) is 11.5 Å². The number of nitrogens with zero attached hydrogens (tertiary/aromatic N) is 2. The maximum atomic E-state index is 15.6. The number of fused-ring (bicyclic) bond motifs is 2. The first-order valence-electron chi connectivity index (χ1n) is 25.1. The molecule has 4 rings (SSSR count). The van der Waals surface area contributed by atoms with Gasteiger partial charge in [0.25, 0.3) is 0 Å². The fourth-order valence-electron chi connectivity index (χ4n) is 8.17. The zero-order valence-corrected chi connectivity index (χ0v) is 49.2. The molecule has 1 amide bonds. The number of alkyl carbamates (subject to hydrolysis) is 1. The first-order chi connectivity index (χ1) is 31.8. The van der Waals surface area contributed by atoms with Crippen molar-refractivity contribution in [2.45, 2.75) is 222 Å². The van der Waals surface area contributed by atoms with Crippen molar-refractivity contribution < 1.29 is 55.7 Å². The lowest BCUT2D eigenvalue weighted by Crippen LogP contribution is -2.46. The van der Waals surface area contributed by atoms with E-state index < -0.39 is 69.4 Å². The van der Waals surface area contributed by atoms with E-state index in [0.717, 1.165) is 28.3 Å². The van der Waals surface area contributed by atoms with Gasteiger partial charge in [0, 0.05) is 90.2 Å². The number of amides is 1. The molecule has 1 N–H and O–H groups in total. The molecule has 0 radical (unpaired) electrons. The molecule has 0 aliphatic carbocycles. The van der Waals surface area contributed by atoms with Gasteiger partial charge in [-0.05, 0) is 102 Å². The lowest BCUT2D eigenvalue weighted by molar-refractivity contribution is -0.181. The highest BCUT2D eigenvalue weighted by molar-refractivity contribution is 7.54. The van der Waals surface area contributed by atoms with Crippen LogP contribution in [0.3, 0.4) is 0 Å². The molecule has 0 fully saturated rings. The van der Waals surface area contributed by atoms with Crippen molar-refractivity contribution in [1.29, 1.82) is 0 Å². The van der Waals surface area contributed by atoms with Gasteiger partial charge in [0.05, 0.1) is 42.2 Å². The van der Waals surface area contributed by atoms with Crippen LogP contribution in [-0.4, -0.2) is 96.3 Å². The van der Waals surface area contributed by atoms with Crippen LogP contribution in [0.4, 0.5) is 4.79 Å². The van der Waals surface area contributed by atoms with E-state index in [4.69, 9.17) is 41.8 Å². The third kappa shape index (κ3) is 21.6. The highest BCUT2D eigenvalue weighted by Gasteiger charge is 2.42. The summed E-state index contributed by atoms with van der Waals surface area (Å²) >= 11 is 0. The molecule has 70 heavy (non-hydrogen) atoms. The Balaban J connectivity index is 1.90. The van der Waals surface area contributed by atoms with Crippen molar-refractivity contribution >= 4 is 29.4 Å². The average molecular weight is 1040 g/mol. The van der Waals surface area contributed by atoms with Gasteiger partial charge >= 0.3 is 21.3 Å². The molecule has 0 saturated carbocycles. The van der Waals surface area contributed by atoms with E-state index in [1.807, 2.05) is 147 Å². The predicted molar refractivity (Wildman–Crippen MR) is 281 cm³/mol. The van der Waals surface area contributed by atoms with E-state index in [-0.39, 0.29) is 19.1 Å². The quantitative estimate of drug-likeness (QED) is 0.0638. The highest BCUT2D eigenvalue weighted by Crippen LogP contribution is 2.57. The third-order valence-electron chi connectivity index (χ3n) is 10.7. The number of nitrogens with one attached hydrogen (secondary N) is 1. The minimum atomic E-state index is -3.95. The normalized spacial score (nSPS) is 17.1. The lowest BCUT2D eigenvalue weighted by Gasteiger charge is -2.41. The molecule has 0 spiro atoms. The number of hydrogen-bond acceptors (Lipinski definition) is 14. The summed E-state index contributed by atoms with van der Waals surface area (Å²) in [6.45, 7) is 39.2. The van der Waals surface area contributed by atoms with Crippen LogP contribution in [-0.2, 0) is 67.7 Å². The molecule has 2 aliphatic rings. The summed E-state index contributed by atoms with van der Waals surface area (Å²) in [7, 11) is -9.24. The number of rotatable bonds is 23. The standard InChI is InChI=1S/C52H91N3O12P2Si/c1-47(2,3)64-68(57,65-48(4,5)6)37-54(32-39-24-22-26-41-35-60-51(13,14)62-44(39)41)34-43(28-20-21-29-53-46(56)59-30-31-70(17,18)19)55(38-69(58,66-49(7,8)9)67-50(10,11)12)33-40-25-23-27-42-36-61-52(15,16)63-45(40)42/h22-27,43H,20-21,28-38H2,1-19H3,(H,53,56). The topological polar surface area (TPSA) is 153 Å². The lowest BCUT2D eigenvalue weighted by atomic mass is 10.0. The van der Waals surface area contributed by atoms with Crippen LogP contribution in [0.1, 0.15) is 152 Å². The number of benzene rings is 2. The monoisotopic (exact) mass is 1040 g/mol. The van der Waals surface area contributed by atoms with E-state index in [1.165, 1.54) is 0 Å². The average Bonchev–Trinajstić information content (AvgIpc) is 3.13. The fourth-order valence-corrected chi connectivity index (χ4v) is 14.0. The Kier molecular flexibility index (Phi) is 20.2. The van der Waals surface area contributed by atoms with E-state index in [2.05, 4.69) is 34.8 Å². The van der Waals surface area contributed by atoms with Crippen LogP contribution >= 0.6 is 15.2 Å². The summed E-state index contributed by atoms with van der Waals surface area (Å²) < 4.78 is 87.7. The molecule has 1 atom stereocenters. The Morgan fingerprint density at radius 3 is 1.57 bits per heavy atom. The van der Waals surface area contributed by atoms with Gasteiger partial charge in [-0.25, -0.2) is 4.79 Å². The van der Waals surface area contributed by atoms with Gasteiger partial charge in [0.2, 0.25) is 11.6 Å². The second-order valence-electron chi connectivity index (χ2n) is 25.0. The highest BCUT2D eigenvalue weighted by atomic mass is 31.2. The summed E-state index contributed by atoms with van der Waals surface area (Å²) in [4.78, 5) is 17.1. The Labute approximate surface area is 423 Å². The molecule has 400 valence electrons. The number of para-hydroxylation sites is 2. The molecular formula is C52H91N3O12P2Si. The van der Waals surface area contributed by atoms with E-state index in [0.29, 0.717) is 70.2 Å². The Morgan fingerprint density at radius 1 is 0.686 bits per heavy atom. The van der Waals surface area contributed by atoms with Gasteiger partial charge in [-0.3, -0.25) is 18.9 Å². The van der Waals surface area contributed by atoms with Crippen molar-refractivity contribution in [3.05, 3.63) is 58.7 Å². The molecule has 2 aromatic carbocycles. The van der Waals surface area contributed by atoms with Crippen LogP contribution in [0.15, 0.2) is 36.4 Å². The van der Waals surface area contributed by atoms with Gasteiger partial charge in [0.1, 0.15) is 24.1 Å². The summed E-state index contributed by atoms with van der Waals surface area (Å²) in [5.74, 6) is -0.341. The summed E-state index contributed by atoms with van der Waals surface area (Å²) in [6, 6.07) is 12.5. The minimum Gasteiger partial charge on any atom is -0.462 e. The van der Waals surface area contributed by atoms with E-state index in [9.17, 15) is 4.79 Å². The molecule has 2 aromatic rings. The molecule has 0 bridgehead atoms. The smallest absolute Gasteiger partial charge is 0.407 e. The third-order valence-corrected chi connectivity index (χ3v) is 17.1. The largest absolute Gasteiger partial charge is 0.462 e. The van der Waals surface area contributed by atoms with Crippen molar-refractivity contribution in [2.24, 2.45) is 0 Å². The van der Waals surface area contributed by atoms with Crippen LogP contribution in [0, 0.1) is 0 Å². The van der Waals surface area contributed by atoms with Gasteiger partial charge in [0.15, 0.2) is 0 Å². The number of carbonyl (C=O) groups excluding carboxylic acids is 1. The predicted octanol–water partition coefficient (Wildman–Crippen LogP) is 13.4. The molecule has 0 saturated heterocycles. The number of hydrogen-bond donors (Lipinski definition) is 1. The van der Waals surface area contributed by atoms with Crippen molar-refractivity contribution in [2.75, 3.05) is 32.3 Å². The minimum absolute atomic E-state index is 0.0791. The van der Waals surface area contributed by atoms with E-state index in [1.54, 1.807) is 0 Å². The number of unbranched alkanes of at least 4 members (excludes halogenated alkanes) is 1. The molecule has 2 heterocycles. The summed E-state index contributed by atoms with van der Waals surface area (Å²) in [5.41, 5.74) is 0.261. The van der Waals surface area contributed by atoms with Crippen molar-refractivity contribution in [1.82, 2.24) is 15.1 Å². The SMILES string of the molecule is CC(C)(C)OP(=O)(CN(Cc1cccc2c1OC(C)(C)OC2)CC(CCCCNC(=O)OCC[Si](C)(C)C)N(Cc1cccc2c1OC(C)(C)OC2)CP(=O)(OC(C)(C)C)OC(C)(C)C)OC(C)(C)C. The van der Waals surface area contributed by atoms with Crippen LogP contribution in [0.25, 0.3) is 0 Å². The van der Waals surface area contributed by atoms with Crippen LogP contribution < -0.4 is 14.8 Å². The van der Waals surface area contributed by atoms with Crippen LogP contribution in [0.5, 0.6) is 11.5 Å². The Morgan fingerprint density at radius 2 is 1.13 bits per heavy atom. The maximum absolute atomic E-state index is 15.6. The van der Waals surface area contributed by atoms with Gasteiger partial charge in [-0.15, -0.1) is 0 Å². The first kappa shape index (κ1) is 60.2. The molecule has 0 aromatic heterocycles. The fraction of sp³-hybridized carbons (Fsp3) is 0.750. The summed E-state index contributed by atoms with van der Waals surface area (Å²) in [5, 5.41) is 2.95. The first-order valence-corrected chi connectivity index (χ1v) is 32.2. The molecule has 18 heteroatoms. The van der Waals surface area contributed by atoms with Gasteiger partial charge < -0.3 is 47.1 Å². The van der Waals surface area contributed by atoms with E-state index >= 15 is 9.13 Å². The molecular weight excluding hydrogens is 949 g/mol. The second-order valence-corrected chi connectivity index (χ2v) is 34.4. The molecule has 15 nitrogen and oxygen atoms in total. The second kappa shape index (κ2) is 23.5.